The zero-order chi connectivity index (χ0) is 18.9. The third-order valence-electron chi connectivity index (χ3n) is 3.73. The van der Waals surface area contributed by atoms with Gasteiger partial charge in [0.2, 0.25) is 11.7 Å². The number of carbonyl (C=O) groups is 3. The summed E-state index contributed by atoms with van der Waals surface area (Å²) < 4.78 is 5.44. The monoisotopic (exact) mass is 372 g/mol. The van der Waals surface area contributed by atoms with Crippen LogP contribution in [-0.2, 0) is 9.59 Å². The second-order valence-corrected chi connectivity index (χ2v) is 8.00. The smallest absolute Gasteiger partial charge is 0.265 e. The number of hydrogen-bond donors (Lipinski definition) is 1. The third-order valence-corrected chi connectivity index (χ3v) is 4.59. The highest BCUT2D eigenvalue weighted by Gasteiger charge is 2.29. The summed E-state index contributed by atoms with van der Waals surface area (Å²) in [6.45, 7) is 5.37. The molecule has 1 N–H and O–H groups in total. The maximum Gasteiger partial charge on any atom is 0.265 e. The predicted molar refractivity (Wildman–Crippen MR) is 99.9 cm³/mol. The maximum atomic E-state index is 12.6. The second kappa shape index (κ2) is 6.92. The van der Waals surface area contributed by atoms with Gasteiger partial charge in [-0.1, -0.05) is 6.07 Å². The van der Waals surface area contributed by atoms with Crippen LogP contribution in [0, 0.1) is 0 Å². The SMILES string of the molecule is CC(C)(C)NC(=O)CN1C(=O)COc2ccc(C(=O)c3cccs3)cc21. The van der Waals surface area contributed by atoms with Crippen LogP contribution in [0.25, 0.3) is 0 Å². The molecule has 1 aromatic heterocycles. The van der Waals surface area contributed by atoms with Crippen LogP contribution in [0.4, 0.5) is 5.69 Å². The molecule has 0 radical (unpaired) electrons. The highest BCUT2D eigenvalue weighted by atomic mass is 32.1. The van der Waals surface area contributed by atoms with Gasteiger partial charge in [0.05, 0.1) is 10.6 Å². The molecule has 0 unspecified atom stereocenters. The first kappa shape index (κ1) is 18.1. The quantitative estimate of drug-likeness (QED) is 0.837. The molecule has 2 amide bonds. The minimum Gasteiger partial charge on any atom is -0.482 e. The van der Waals surface area contributed by atoms with Crippen molar-refractivity contribution in [3.8, 4) is 5.75 Å². The van der Waals surface area contributed by atoms with Gasteiger partial charge in [-0.3, -0.25) is 19.3 Å². The number of nitrogens with one attached hydrogen (secondary N) is 1. The molecule has 0 fully saturated rings. The number of fused-ring (bicyclic) bond motifs is 1. The van der Waals surface area contributed by atoms with Crippen LogP contribution >= 0.6 is 11.3 Å². The molecule has 0 bridgehead atoms. The molecule has 1 aliphatic heterocycles. The van der Waals surface area contributed by atoms with Gasteiger partial charge in [0.25, 0.3) is 5.91 Å². The molecule has 1 aromatic carbocycles. The summed E-state index contributed by atoms with van der Waals surface area (Å²) in [6.07, 6.45) is 0. The number of hydrogen-bond acceptors (Lipinski definition) is 5. The van der Waals surface area contributed by atoms with E-state index in [1.807, 2.05) is 32.2 Å². The van der Waals surface area contributed by atoms with Gasteiger partial charge in [-0.2, -0.15) is 0 Å². The Morgan fingerprint density at radius 3 is 2.69 bits per heavy atom. The van der Waals surface area contributed by atoms with E-state index in [4.69, 9.17) is 4.74 Å². The summed E-state index contributed by atoms with van der Waals surface area (Å²) in [6, 6.07) is 8.51. The van der Waals surface area contributed by atoms with Crippen molar-refractivity contribution >= 4 is 34.6 Å². The number of anilines is 1. The van der Waals surface area contributed by atoms with E-state index in [9.17, 15) is 14.4 Å². The Labute approximate surface area is 155 Å². The maximum absolute atomic E-state index is 12.6. The Morgan fingerprint density at radius 1 is 1.27 bits per heavy atom. The average Bonchev–Trinajstić information content (AvgIpc) is 3.09. The summed E-state index contributed by atoms with van der Waals surface area (Å²) >= 11 is 1.36. The van der Waals surface area contributed by atoms with Crippen LogP contribution in [0.5, 0.6) is 5.75 Å². The highest BCUT2D eigenvalue weighted by molar-refractivity contribution is 7.12. The molecule has 0 saturated carbocycles. The normalized spacial score (nSPS) is 13.8. The van der Waals surface area contributed by atoms with Crippen molar-refractivity contribution in [1.29, 1.82) is 0 Å². The molecule has 3 rings (SSSR count). The highest BCUT2D eigenvalue weighted by Crippen LogP contribution is 2.33. The van der Waals surface area contributed by atoms with Crippen LogP contribution in [0.15, 0.2) is 35.7 Å². The lowest BCUT2D eigenvalue weighted by Crippen LogP contribution is -2.49. The zero-order valence-electron chi connectivity index (χ0n) is 14.9. The number of rotatable bonds is 4. The fourth-order valence-corrected chi connectivity index (χ4v) is 3.35. The van der Waals surface area contributed by atoms with E-state index in [2.05, 4.69) is 5.32 Å². The summed E-state index contributed by atoms with van der Waals surface area (Å²) in [7, 11) is 0. The topological polar surface area (TPSA) is 75.7 Å². The van der Waals surface area contributed by atoms with Crippen LogP contribution < -0.4 is 15.0 Å². The van der Waals surface area contributed by atoms with E-state index < -0.39 is 5.54 Å². The van der Waals surface area contributed by atoms with Crippen LogP contribution in [0.3, 0.4) is 0 Å². The fourth-order valence-electron chi connectivity index (χ4n) is 2.67. The molecule has 0 atom stereocenters. The van der Waals surface area contributed by atoms with E-state index in [1.54, 1.807) is 24.3 Å². The first-order chi connectivity index (χ1) is 12.2. The molecule has 7 heteroatoms. The summed E-state index contributed by atoms with van der Waals surface area (Å²) in [5.74, 6) is -0.230. The van der Waals surface area contributed by atoms with Gasteiger partial charge < -0.3 is 10.1 Å². The number of ketones is 1. The van der Waals surface area contributed by atoms with E-state index in [0.717, 1.165) is 0 Å². The standard InChI is InChI=1S/C19H20N2O4S/c1-19(2,3)20-16(22)10-21-13-9-12(18(24)15-5-4-8-26-15)6-7-14(13)25-11-17(21)23/h4-9H,10-11H2,1-3H3,(H,20,22). The number of carbonyl (C=O) groups excluding carboxylic acids is 3. The third kappa shape index (κ3) is 3.94. The average molecular weight is 372 g/mol. The van der Waals surface area contributed by atoms with E-state index in [1.165, 1.54) is 16.2 Å². The van der Waals surface area contributed by atoms with Gasteiger partial charge in [-0.15, -0.1) is 11.3 Å². The number of ether oxygens (including phenoxy) is 1. The van der Waals surface area contributed by atoms with Gasteiger partial charge in [0.15, 0.2) is 6.61 Å². The minimum atomic E-state index is -0.397. The van der Waals surface area contributed by atoms with Crippen molar-refractivity contribution in [3.63, 3.8) is 0 Å². The molecule has 0 saturated heterocycles. The van der Waals surface area contributed by atoms with Crippen molar-refractivity contribution in [2.75, 3.05) is 18.1 Å². The van der Waals surface area contributed by atoms with E-state index in [0.29, 0.717) is 21.9 Å². The number of benzene rings is 1. The van der Waals surface area contributed by atoms with Gasteiger partial charge in [-0.25, -0.2) is 0 Å². The largest absolute Gasteiger partial charge is 0.482 e. The Morgan fingerprint density at radius 2 is 2.04 bits per heavy atom. The molecule has 136 valence electrons. The van der Waals surface area contributed by atoms with Crippen molar-refractivity contribution in [2.45, 2.75) is 26.3 Å². The number of nitrogens with zero attached hydrogens (tertiary/aromatic N) is 1. The number of amides is 2. The van der Waals surface area contributed by atoms with Gasteiger partial charge in [-0.05, 0) is 50.4 Å². The van der Waals surface area contributed by atoms with E-state index in [-0.39, 0.29) is 30.7 Å². The second-order valence-electron chi connectivity index (χ2n) is 7.06. The summed E-state index contributed by atoms with van der Waals surface area (Å²) in [5, 5.41) is 4.67. The van der Waals surface area contributed by atoms with Gasteiger partial charge in [0, 0.05) is 11.1 Å². The predicted octanol–water partition coefficient (Wildman–Crippen LogP) is 2.62. The summed E-state index contributed by atoms with van der Waals surface area (Å²) in [5.41, 5.74) is 0.491. The van der Waals surface area contributed by atoms with Crippen molar-refractivity contribution < 1.29 is 19.1 Å². The fraction of sp³-hybridized carbons (Fsp3) is 0.316. The molecule has 6 nitrogen and oxygen atoms in total. The lowest BCUT2D eigenvalue weighted by molar-refractivity contribution is -0.126. The van der Waals surface area contributed by atoms with Gasteiger partial charge in [0.1, 0.15) is 12.3 Å². The molecular weight excluding hydrogens is 352 g/mol. The Kier molecular flexibility index (Phi) is 4.82. The van der Waals surface area contributed by atoms with Crippen molar-refractivity contribution in [3.05, 3.63) is 46.2 Å². The minimum absolute atomic E-state index is 0.122. The first-order valence-corrected chi connectivity index (χ1v) is 9.09. The number of thiophene rings is 1. The molecule has 0 spiro atoms. The van der Waals surface area contributed by atoms with E-state index >= 15 is 0 Å². The van der Waals surface area contributed by atoms with Crippen LogP contribution in [-0.4, -0.2) is 36.3 Å². The Balaban J connectivity index is 1.89. The molecule has 26 heavy (non-hydrogen) atoms. The Bertz CT molecular complexity index is 853. The summed E-state index contributed by atoms with van der Waals surface area (Å²) in [4.78, 5) is 39.1. The van der Waals surface area contributed by atoms with Gasteiger partial charge >= 0.3 is 0 Å². The molecule has 0 aliphatic carbocycles. The molecular formula is C19H20N2O4S. The first-order valence-electron chi connectivity index (χ1n) is 8.21. The van der Waals surface area contributed by atoms with Crippen molar-refractivity contribution in [1.82, 2.24) is 5.32 Å². The molecule has 2 aromatic rings. The molecule has 2 heterocycles. The van der Waals surface area contributed by atoms with Crippen molar-refractivity contribution in [2.24, 2.45) is 0 Å². The Hall–Kier alpha value is -2.67. The lowest BCUT2D eigenvalue weighted by Gasteiger charge is -2.30. The lowest BCUT2D eigenvalue weighted by atomic mass is 10.1. The molecule has 1 aliphatic rings. The van der Waals surface area contributed by atoms with Crippen LogP contribution in [0.2, 0.25) is 0 Å². The van der Waals surface area contributed by atoms with Crippen LogP contribution in [0.1, 0.15) is 36.0 Å². The zero-order valence-corrected chi connectivity index (χ0v) is 15.7.